The number of phenols is 1. The highest BCUT2D eigenvalue weighted by molar-refractivity contribution is 6.32. The molecule has 1 aromatic carbocycles. The molecule has 21 heavy (non-hydrogen) atoms. The van der Waals surface area contributed by atoms with Crippen LogP contribution in [0.2, 0.25) is 5.02 Å². The highest BCUT2D eigenvalue weighted by atomic mass is 35.5. The van der Waals surface area contributed by atoms with Crippen LogP contribution in [-0.4, -0.2) is 15.3 Å². The summed E-state index contributed by atoms with van der Waals surface area (Å²) in [6.45, 7) is 0.945. The van der Waals surface area contributed by atoms with Gasteiger partial charge in [0.05, 0.1) is 10.6 Å². The fourth-order valence-corrected chi connectivity index (χ4v) is 1.95. The zero-order valence-electron chi connectivity index (χ0n) is 10.3. The third kappa shape index (κ3) is 2.71. The van der Waals surface area contributed by atoms with Crippen molar-refractivity contribution in [3.63, 3.8) is 0 Å². The molecular weight excluding hydrogens is 316 g/mol. The molecule has 112 valence electrons. The molecule has 0 atom stereocenters. The highest BCUT2D eigenvalue weighted by Crippen LogP contribution is 2.39. The molecule has 1 heterocycles. The van der Waals surface area contributed by atoms with Crippen molar-refractivity contribution in [1.82, 2.24) is 10.2 Å². The van der Waals surface area contributed by atoms with Gasteiger partial charge in [-0.1, -0.05) is 11.6 Å². The number of phenolic OH excluding ortho intramolecular Hbond substituents is 1. The molecule has 2 rings (SSSR count). The van der Waals surface area contributed by atoms with E-state index < -0.39 is 45.7 Å². The first-order valence-corrected chi connectivity index (χ1v) is 5.85. The standard InChI is InChI=1S/C12H7ClF4N2O2/c1-4-9(12(15,16)17)10(18-19-11(4)21)5-2-8(20)6(13)3-7(5)14/h2-3,20H,1H3,(H,19,21). The number of aromatic amines is 1. The second-order valence-corrected chi connectivity index (χ2v) is 4.59. The Kier molecular flexibility index (Phi) is 3.66. The Bertz CT molecular complexity index is 771. The number of nitrogens with zero attached hydrogens (tertiary/aromatic N) is 1. The summed E-state index contributed by atoms with van der Waals surface area (Å²) in [5, 5.41) is 14.2. The van der Waals surface area contributed by atoms with Crippen molar-refractivity contribution in [2.24, 2.45) is 0 Å². The SMILES string of the molecule is Cc1c(C(F)(F)F)c(-c2cc(O)c(Cl)cc2F)n[nH]c1=O. The number of aromatic nitrogens is 2. The maximum absolute atomic E-state index is 13.8. The van der Waals surface area contributed by atoms with E-state index in [0.717, 1.165) is 6.92 Å². The maximum Gasteiger partial charge on any atom is 0.419 e. The number of benzene rings is 1. The monoisotopic (exact) mass is 322 g/mol. The average molecular weight is 323 g/mol. The molecule has 0 aliphatic heterocycles. The van der Waals surface area contributed by atoms with Crippen molar-refractivity contribution in [3.05, 3.63) is 44.5 Å². The van der Waals surface area contributed by atoms with E-state index in [1.807, 2.05) is 5.10 Å². The number of hydrogen-bond acceptors (Lipinski definition) is 3. The first-order chi connectivity index (χ1) is 9.62. The van der Waals surface area contributed by atoms with Crippen molar-refractivity contribution in [1.29, 1.82) is 0 Å². The quantitative estimate of drug-likeness (QED) is 0.792. The summed E-state index contributed by atoms with van der Waals surface area (Å²) >= 11 is 5.47. The smallest absolute Gasteiger partial charge is 0.419 e. The minimum atomic E-state index is -4.91. The third-order valence-electron chi connectivity index (χ3n) is 2.80. The van der Waals surface area contributed by atoms with Crippen LogP contribution in [0.15, 0.2) is 16.9 Å². The number of hydrogen-bond donors (Lipinski definition) is 2. The normalized spacial score (nSPS) is 11.7. The van der Waals surface area contributed by atoms with Gasteiger partial charge in [0.1, 0.15) is 17.3 Å². The van der Waals surface area contributed by atoms with Crippen LogP contribution in [0.3, 0.4) is 0 Å². The molecule has 2 aromatic rings. The number of halogens is 5. The lowest BCUT2D eigenvalue weighted by atomic mass is 10.0. The summed E-state index contributed by atoms with van der Waals surface area (Å²) in [6, 6.07) is 1.38. The zero-order valence-corrected chi connectivity index (χ0v) is 11.1. The molecule has 0 saturated carbocycles. The predicted octanol–water partition coefficient (Wildman–Crippen LogP) is 3.26. The second-order valence-electron chi connectivity index (χ2n) is 4.18. The summed E-state index contributed by atoms with van der Waals surface area (Å²) in [5.41, 5.74) is -4.51. The molecule has 2 N–H and O–H groups in total. The van der Waals surface area contributed by atoms with Crippen LogP contribution in [0.25, 0.3) is 11.3 Å². The summed E-state index contributed by atoms with van der Waals surface area (Å²) in [5.74, 6) is -1.71. The van der Waals surface area contributed by atoms with Gasteiger partial charge in [0.2, 0.25) is 0 Å². The van der Waals surface area contributed by atoms with Crippen molar-refractivity contribution < 1.29 is 22.7 Å². The van der Waals surface area contributed by atoms with Crippen LogP contribution in [0.5, 0.6) is 5.75 Å². The maximum atomic E-state index is 13.8. The van der Waals surface area contributed by atoms with Gasteiger partial charge in [-0.25, -0.2) is 9.49 Å². The zero-order chi connectivity index (χ0) is 15.9. The van der Waals surface area contributed by atoms with Gasteiger partial charge in [0.15, 0.2) is 0 Å². The van der Waals surface area contributed by atoms with Gasteiger partial charge in [-0.3, -0.25) is 4.79 Å². The number of alkyl halides is 3. The summed E-state index contributed by atoms with van der Waals surface area (Å²) in [7, 11) is 0. The van der Waals surface area contributed by atoms with Gasteiger partial charge in [0.25, 0.3) is 5.56 Å². The van der Waals surface area contributed by atoms with Crippen LogP contribution in [0.4, 0.5) is 17.6 Å². The fraction of sp³-hybridized carbons (Fsp3) is 0.167. The molecule has 1 aromatic heterocycles. The van der Waals surface area contributed by atoms with Crippen molar-refractivity contribution >= 4 is 11.6 Å². The number of H-pyrrole nitrogens is 1. The summed E-state index contributed by atoms with van der Waals surface area (Å²) in [6.07, 6.45) is -4.91. The molecule has 0 amide bonds. The number of aromatic hydroxyl groups is 1. The van der Waals surface area contributed by atoms with Crippen molar-refractivity contribution in [3.8, 4) is 17.0 Å². The van der Waals surface area contributed by atoms with Gasteiger partial charge in [0, 0.05) is 11.1 Å². The van der Waals surface area contributed by atoms with E-state index >= 15 is 0 Å². The topological polar surface area (TPSA) is 66.0 Å². The predicted molar refractivity (Wildman–Crippen MR) is 66.7 cm³/mol. The molecule has 0 radical (unpaired) electrons. The van der Waals surface area contributed by atoms with Gasteiger partial charge in [-0.05, 0) is 19.1 Å². The second kappa shape index (κ2) is 5.03. The lowest BCUT2D eigenvalue weighted by molar-refractivity contribution is -0.137. The Hall–Kier alpha value is -2.09. The molecule has 0 spiro atoms. The minimum absolute atomic E-state index is 0.356. The Balaban J connectivity index is 2.85. The van der Waals surface area contributed by atoms with E-state index in [4.69, 9.17) is 11.6 Å². The van der Waals surface area contributed by atoms with Crippen LogP contribution in [0, 0.1) is 12.7 Å². The fourth-order valence-electron chi connectivity index (χ4n) is 1.80. The van der Waals surface area contributed by atoms with Crippen LogP contribution in [0.1, 0.15) is 11.1 Å². The Morgan fingerprint density at radius 3 is 2.52 bits per heavy atom. The van der Waals surface area contributed by atoms with E-state index in [1.54, 1.807) is 0 Å². The first-order valence-electron chi connectivity index (χ1n) is 5.47. The third-order valence-corrected chi connectivity index (χ3v) is 3.10. The molecule has 0 unspecified atom stereocenters. The van der Waals surface area contributed by atoms with Crippen molar-refractivity contribution in [2.45, 2.75) is 13.1 Å². The van der Waals surface area contributed by atoms with E-state index in [9.17, 15) is 27.5 Å². The Morgan fingerprint density at radius 2 is 1.95 bits per heavy atom. The average Bonchev–Trinajstić information content (AvgIpc) is 2.35. The molecule has 0 bridgehead atoms. The Labute approximate surface area is 120 Å². The molecule has 4 nitrogen and oxygen atoms in total. The summed E-state index contributed by atoms with van der Waals surface area (Å²) < 4.78 is 53.1. The summed E-state index contributed by atoms with van der Waals surface area (Å²) in [4.78, 5) is 11.3. The largest absolute Gasteiger partial charge is 0.506 e. The number of rotatable bonds is 1. The van der Waals surface area contributed by atoms with Crippen molar-refractivity contribution in [2.75, 3.05) is 0 Å². The highest BCUT2D eigenvalue weighted by Gasteiger charge is 2.38. The van der Waals surface area contributed by atoms with Gasteiger partial charge >= 0.3 is 6.18 Å². The van der Waals surface area contributed by atoms with Crippen LogP contribution < -0.4 is 5.56 Å². The minimum Gasteiger partial charge on any atom is -0.506 e. The molecule has 0 aliphatic carbocycles. The molecule has 0 saturated heterocycles. The molecule has 9 heteroatoms. The lowest BCUT2D eigenvalue weighted by Gasteiger charge is -2.14. The molecular formula is C12H7ClF4N2O2. The van der Waals surface area contributed by atoms with Crippen LogP contribution >= 0.6 is 11.6 Å². The molecule has 0 aliphatic rings. The number of nitrogens with one attached hydrogen (secondary N) is 1. The van der Waals surface area contributed by atoms with Gasteiger partial charge in [-0.2, -0.15) is 18.3 Å². The first kappa shape index (κ1) is 15.3. The van der Waals surface area contributed by atoms with E-state index in [-0.39, 0.29) is 5.02 Å². The molecule has 0 fully saturated rings. The van der Waals surface area contributed by atoms with E-state index in [2.05, 4.69) is 5.10 Å². The van der Waals surface area contributed by atoms with Crippen LogP contribution in [-0.2, 0) is 6.18 Å². The Morgan fingerprint density at radius 1 is 1.33 bits per heavy atom. The van der Waals surface area contributed by atoms with Gasteiger partial charge < -0.3 is 5.11 Å². The lowest BCUT2D eigenvalue weighted by Crippen LogP contribution is -2.21. The van der Waals surface area contributed by atoms with E-state index in [0.29, 0.717) is 12.1 Å². The van der Waals surface area contributed by atoms with E-state index in [1.165, 1.54) is 0 Å². The van der Waals surface area contributed by atoms with Gasteiger partial charge in [-0.15, -0.1) is 0 Å².